The number of para-hydroxylation sites is 2. The highest BCUT2D eigenvalue weighted by Crippen LogP contribution is 2.31. The first-order chi connectivity index (χ1) is 11.4. The average molecular weight is 329 g/mol. The Hall–Kier alpha value is -2.18. The van der Waals surface area contributed by atoms with Crippen LogP contribution in [0.25, 0.3) is 10.2 Å². The van der Waals surface area contributed by atoms with Gasteiger partial charge < -0.3 is 14.8 Å². The lowest BCUT2D eigenvalue weighted by Gasteiger charge is -2.13. The molecule has 0 amide bonds. The van der Waals surface area contributed by atoms with Crippen molar-refractivity contribution in [2.45, 2.75) is 13.3 Å². The van der Waals surface area contributed by atoms with Crippen molar-refractivity contribution in [2.75, 3.05) is 25.1 Å². The van der Waals surface area contributed by atoms with Crippen molar-refractivity contribution in [1.29, 1.82) is 0 Å². The molecular weight excluding hydrogens is 310 g/mol. The number of ether oxygens (including phenoxy) is 2. The number of nitrogens with one attached hydrogen (secondary N) is 1. The van der Waals surface area contributed by atoms with E-state index in [4.69, 9.17) is 9.47 Å². The molecule has 0 radical (unpaired) electrons. The fourth-order valence-corrected chi connectivity index (χ4v) is 2.93. The van der Waals surface area contributed by atoms with E-state index in [9.17, 15) is 0 Å². The van der Waals surface area contributed by atoms with E-state index in [1.807, 2.05) is 42.6 Å². The van der Waals surface area contributed by atoms with Gasteiger partial charge in [0.25, 0.3) is 0 Å². The summed E-state index contributed by atoms with van der Waals surface area (Å²) in [5.41, 5.74) is 0.898. The first kappa shape index (κ1) is 15.7. The molecule has 3 aromatic rings. The molecule has 23 heavy (non-hydrogen) atoms. The van der Waals surface area contributed by atoms with Crippen LogP contribution in [0.3, 0.4) is 0 Å². The third kappa shape index (κ3) is 3.97. The van der Waals surface area contributed by atoms with Gasteiger partial charge in [-0.2, -0.15) is 0 Å². The van der Waals surface area contributed by atoms with Crippen LogP contribution in [0.2, 0.25) is 0 Å². The summed E-state index contributed by atoms with van der Waals surface area (Å²) in [7, 11) is 0. The summed E-state index contributed by atoms with van der Waals surface area (Å²) in [6, 6.07) is 9.89. The third-order valence-electron chi connectivity index (χ3n) is 3.30. The minimum atomic E-state index is 0.621. The smallest absolute Gasteiger partial charge is 0.142 e. The van der Waals surface area contributed by atoms with Gasteiger partial charge in [0.05, 0.1) is 17.7 Å². The Balaban J connectivity index is 1.71. The van der Waals surface area contributed by atoms with E-state index in [0.29, 0.717) is 13.2 Å². The normalized spacial score (nSPS) is 10.8. The Morgan fingerprint density at radius 3 is 2.96 bits per heavy atom. The number of anilines is 2. The molecule has 2 aromatic heterocycles. The van der Waals surface area contributed by atoms with Gasteiger partial charge in [0.1, 0.15) is 22.7 Å². The first-order valence-corrected chi connectivity index (χ1v) is 8.51. The predicted molar refractivity (Wildman–Crippen MR) is 93.7 cm³/mol. The summed E-state index contributed by atoms with van der Waals surface area (Å²) >= 11 is 1.60. The predicted octanol–water partition coefficient (Wildman–Crippen LogP) is 4.24. The van der Waals surface area contributed by atoms with Crippen molar-refractivity contribution in [3.63, 3.8) is 0 Å². The minimum absolute atomic E-state index is 0.621. The van der Waals surface area contributed by atoms with Crippen LogP contribution in [-0.4, -0.2) is 29.8 Å². The molecule has 0 aliphatic heterocycles. The number of hydrogen-bond donors (Lipinski definition) is 1. The Kier molecular flexibility index (Phi) is 5.39. The molecule has 0 aliphatic rings. The Labute approximate surface area is 139 Å². The molecule has 2 heterocycles. The lowest BCUT2D eigenvalue weighted by molar-refractivity contribution is 0.131. The zero-order chi connectivity index (χ0) is 15.9. The van der Waals surface area contributed by atoms with E-state index in [2.05, 4.69) is 15.3 Å². The monoisotopic (exact) mass is 329 g/mol. The minimum Gasteiger partial charge on any atom is -0.491 e. The fourth-order valence-electron chi connectivity index (χ4n) is 2.20. The second-order valence-electron chi connectivity index (χ2n) is 4.88. The zero-order valence-corrected chi connectivity index (χ0v) is 13.8. The second kappa shape index (κ2) is 7.89. The van der Waals surface area contributed by atoms with Crippen LogP contribution in [0.4, 0.5) is 11.5 Å². The van der Waals surface area contributed by atoms with E-state index in [1.54, 1.807) is 17.7 Å². The standard InChI is InChI=1S/C17H19N3O2S/c1-2-21-9-5-10-22-15-7-4-3-6-14(15)20-16-13-8-11-23-17(13)19-12-18-16/h3-4,6-8,11-12H,2,5,9-10H2,1H3,(H,18,19,20). The lowest BCUT2D eigenvalue weighted by atomic mass is 10.2. The molecule has 0 atom stereocenters. The number of thiophene rings is 1. The molecule has 0 unspecified atom stereocenters. The summed E-state index contributed by atoms with van der Waals surface area (Å²) in [6.07, 6.45) is 2.44. The van der Waals surface area contributed by atoms with E-state index in [-0.39, 0.29) is 0 Å². The van der Waals surface area contributed by atoms with Gasteiger partial charge in [-0.15, -0.1) is 11.3 Å². The van der Waals surface area contributed by atoms with Crippen molar-refractivity contribution in [1.82, 2.24) is 9.97 Å². The number of fused-ring (bicyclic) bond motifs is 1. The Bertz CT molecular complexity index is 760. The number of benzene rings is 1. The van der Waals surface area contributed by atoms with Gasteiger partial charge in [0, 0.05) is 19.6 Å². The van der Waals surface area contributed by atoms with Crippen LogP contribution in [0.15, 0.2) is 42.0 Å². The van der Waals surface area contributed by atoms with Gasteiger partial charge in [0.2, 0.25) is 0 Å². The Morgan fingerprint density at radius 2 is 2.04 bits per heavy atom. The molecule has 5 nitrogen and oxygen atoms in total. The molecule has 0 aliphatic carbocycles. The summed E-state index contributed by atoms with van der Waals surface area (Å²) in [6.45, 7) is 4.07. The molecule has 6 heteroatoms. The maximum Gasteiger partial charge on any atom is 0.142 e. The topological polar surface area (TPSA) is 56.3 Å². The molecule has 0 bridgehead atoms. The van der Waals surface area contributed by atoms with E-state index in [1.165, 1.54) is 0 Å². The lowest BCUT2D eigenvalue weighted by Crippen LogP contribution is -2.04. The molecule has 1 aromatic carbocycles. The highest BCUT2D eigenvalue weighted by Gasteiger charge is 2.08. The molecule has 3 rings (SSSR count). The van der Waals surface area contributed by atoms with Crippen LogP contribution >= 0.6 is 11.3 Å². The van der Waals surface area contributed by atoms with Crippen molar-refractivity contribution >= 4 is 33.1 Å². The van der Waals surface area contributed by atoms with E-state index in [0.717, 1.165) is 40.5 Å². The zero-order valence-electron chi connectivity index (χ0n) is 13.0. The molecule has 0 saturated heterocycles. The molecule has 0 fully saturated rings. The second-order valence-corrected chi connectivity index (χ2v) is 5.78. The largest absolute Gasteiger partial charge is 0.491 e. The molecule has 120 valence electrons. The van der Waals surface area contributed by atoms with Gasteiger partial charge in [-0.05, 0) is 30.5 Å². The quantitative estimate of drug-likeness (QED) is 0.626. The molecular formula is C17H19N3O2S. The van der Waals surface area contributed by atoms with Gasteiger partial charge >= 0.3 is 0 Å². The van der Waals surface area contributed by atoms with Gasteiger partial charge in [-0.3, -0.25) is 0 Å². The maximum absolute atomic E-state index is 5.87. The maximum atomic E-state index is 5.87. The SMILES string of the molecule is CCOCCCOc1ccccc1Nc1ncnc2sccc12. The molecule has 0 spiro atoms. The molecule has 0 saturated carbocycles. The summed E-state index contributed by atoms with van der Waals surface area (Å²) in [5, 5.41) is 6.38. The van der Waals surface area contributed by atoms with Crippen LogP contribution < -0.4 is 10.1 Å². The number of nitrogens with zero attached hydrogens (tertiary/aromatic N) is 2. The number of aromatic nitrogens is 2. The van der Waals surface area contributed by atoms with Crippen molar-refractivity contribution in [3.05, 3.63) is 42.0 Å². The van der Waals surface area contributed by atoms with Crippen molar-refractivity contribution in [2.24, 2.45) is 0 Å². The van der Waals surface area contributed by atoms with Crippen LogP contribution in [-0.2, 0) is 4.74 Å². The van der Waals surface area contributed by atoms with E-state index < -0.39 is 0 Å². The summed E-state index contributed by atoms with van der Waals surface area (Å²) in [5.74, 6) is 1.60. The van der Waals surface area contributed by atoms with Gasteiger partial charge in [-0.25, -0.2) is 9.97 Å². The number of rotatable bonds is 8. The third-order valence-corrected chi connectivity index (χ3v) is 4.12. The number of hydrogen-bond acceptors (Lipinski definition) is 6. The highest BCUT2D eigenvalue weighted by molar-refractivity contribution is 7.16. The summed E-state index contributed by atoms with van der Waals surface area (Å²) in [4.78, 5) is 9.58. The highest BCUT2D eigenvalue weighted by atomic mass is 32.1. The fraction of sp³-hybridized carbons (Fsp3) is 0.294. The average Bonchev–Trinajstić information content (AvgIpc) is 3.06. The van der Waals surface area contributed by atoms with Crippen LogP contribution in [0, 0.1) is 0 Å². The van der Waals surface area contributed by atoms with Crippen LogP contribution in [0.1, 0.15) is 13.3 Å². The Morgan fingerprint density at radius 1 is 1.13 bits per heavy atom. The molecule has 1 N–H and O–H groups in total. The van der Waals surface area contributed by atoms with E-state index >= 15 is 0 Å². The first-order valence-electron chi connectivity index (χ1n) is 7.63. The van der Waals surface area contributed by atoms with Gasteiger partial charge in [-0.1, -0.05) is 12.1 Å². The van der Waals surface area contributed by atoms with Crippen molar-refractivity contribution < 1.29 is 9.47 Å². The van der Waals surface area contributed by atoms with Crippen LogP contribution in [0.5, 0.6) is 5.75 Å². The van der Waals surface area contributed by atoms with Gasteiger partial charge in [0.15, 0.2) is 0 Å². The van der Waals surface area contributed by atoms with Crippen molar-refractivity contribution in [3.8, 4) is 5.75 Å². The summed E-state index contributed by atoms with van der Waals surface area (Å²) < 4.78 is 11.2.